The molecule has 0 N–H and O–H groups in total. The lowest BCUT2D eigenvalue weighted by Gasteiger charge is -2.19. The van der Waals surface area contributed by atoms with Gasteiger partial charge in [0.25, 0.3) is 5.91 Å². The van der Waals surface area contributed by atoms with Gasteiger partial charge in [-0.15, -0.1) is 0 Å². The molecule has 2 heterocycles. The van der Waals surface area contributed by atoms with E-state index in [2.05, 4.69) is 0 Å². The fourth-order valence-electron chi connectivity index (χ4n) is 3.17. The van der Waals surface area contributed by atoms with E-state index in [9.17, 15) is 4.79 Å². The number of hydrogen-bond acceptors (Lipinski definition) is 4. The molecule has 0 saturated heterocycles. The van der Waals surface area contributed by atoms with E-state index in [0.717, 1.165) is 27.1 Å². The number of rotatable bonds is 4. The predicted molar refractivity (Wildman–Crippen MR) is 109 cm³/mol. The number of thiazole rings is 1. The standard InChI is InChI=1S/C22H20N2O2S/c1-14-8-7-11-19-20(14)23-22(27-19)24(13-17-9-5-4-6-10-17)21(25)18-12-15(2)26-16(18)3/h4-12H,13H2,1-3H3. The quantitative estimate of drug-likeness (QED) is 0.461. The summed E-state index contributed by atoms with van der Waals surface area (Å²) in [7, 11) is 0. The monoisotopic (exact) mass is 376 g/mol. The van der Waals surface area contributed by atoms with Gasteiger partial charge in [-0.1, -0.05) is 53.8 Å². The first-order chi connectivity index (χ1) is 13.0. The minimum absolute atomic E-state index is 0.0927. The van der Waals surface area contributed by atoms with E-state index in [1.165, 1.54) is 11.3 Å². The fourth-order valence-corrected chi connectivity index (χ4v) is 4.21. The van der Waals surface area contributed by atoms with Crippen LogP contribution in [0.15, 0.2) is 59.0 Å². The number of amides is 1. The maximum absolute atomic E-state index is 13.4. The van der Waals surface area contributed by atoms with E-state index in [-0.39, 0.29) is 5.91 Å². The zero-order valence-electron chi connectivity index (χ0n) is 15.5. The first-order valence-corrected chi connectivity index (χ1v) is 9.63. The Kier molecular flexibility index (Phi) is 4.54. The van der Waals surface area contributed by atoms with Gasteiger partial charge in [-0.3, -0.25) is 9.69 Å². The molecule has 1 amide bonds. The number of aryl methyl sites for hydroxylation is 3. The second kappa shape index (κ2) is 7.00. The molecule has 0 spiro atoms. The maximum Gasteiger partial charge on any atom is 0.263 e. The van der Waals surface area contributed by atoms with Gasteiger partial charge in [0.05, 0.1) is 22.3 Å². The van der Waals surface area contributed by atoms with Crippen molar-refractivity contribution >= 4 is 32.6 Å². The fraction of sp³-hybridized carbons (Fsp3) is 0.182. The van der Waals surface area contributed by atoms with Crippen molar-refractivity contribution in [3.8, 4) is 0 Å². The van der Waals surface area contributed by atoms with Gasteiger partial charge in [0, 0.05) is 0 Å². The summed E-state index contributed by atoms with van der Waals surface area (Å²) in [5.74, 6) is 1.27. The smallest absolute Gasteiger partial charge is 0.263 e. The van der Waals surface area contributed by atoms with Gasteiger partial charge in [-0.05, 0) is 44.0 Å². The van der Waals surface area contributed by atoms with E-state index in [1.54, 1.807) is 11.0 Å². The Bertz CT molecular complexity index is 1110. The van der Waals surface area contributed by atoms with Crippen LogP contribution in [0.5, 0.6) is 0 Å². The number of anilines is 1. The molecular weight excluding hydrogens is 356 g/mol. The van der Waals surface area contributed by atoms with Crippen molar-refractivity contribution in [2.75, 3.05) is 4.90 Å². The molecule has 4 aromatic rings. The molecule has 2 aromatic carbocycles. The largest absolute Gasteiger partial charge is 0.466 e. The highest BCUT2D eigenvalue weighted by atomic mass is 32.1. The van der Waals surface area contributed by atoms with Gasteiger partial charge >= 0.3 is 0 Å². The molecule has 4 nitrogen and oxygen atoms in total. The average Bonchev–Trinajstić information content (AvgIpc) is 3.23. The second-order valence-electron chi connectivity index (χ2n) is 6.62. The van der Waals surface area contributed by atoms with Crippen molar-refractivity contribution in [2.24, 2.45) is 0 Å². The molecule has 0 unspecified atom stereocenters. The van der Waals surface area contributed by atoms with Crippen LogP contribution in [0.3, 0.4) is 0 Å². The molecule has 0 bridgehead atoms. The molecule has 0 saturated carbocycles. The molecule has 5 heteroatoms. The third-order valence-electron chi connectivity index (χ3n) is 4.54. The molecule has 4 rings (SSSR count). The first kappa shape index (κ1) is 17.5. The molecular formula is C22H20N2O2S. The highest BCUT2D eigenvalue weighted by Gasteiger charge is 2.25. The van der Waals surface area contributed by atoms with Crippen molar-refractivity contribution < 1.29 is 9.21 Å². The summed E-state index contributed by atoms with van der Waals surface area (Å²) >= 11 is 1.54. The first-order valence-electron chi connectivity index (χ1n) is 8.82. The van der Waals surface area contributed by atoms with Crippen LogP contribution < -0.4 is 4.90 Å². The highest BCUT2D eigenvalue weighted by Crippen LogP contribution is 2.33. The Morgan fingerprint density at radius 2 is 1.85 bits per heavy atom. The summed E-state index contributed by atoms with van der Waals surface area (Å²) in [6.45, 7) is 6.18. The number of furan rings is 1. The number of para-hydroxylation sites is 1. The van der Waals surface area contributed by atoms with Gasteiger partial charge < -0.3 is 4.42 Å². The minimum atomic E-state index is -0.0927. The lowest BCUT2D eigenvalue weighted by molar-refractivity contribution is 0.0983. The molecule has 0 aliphatic carbocycles. The third-order valence-corrected chi connectivity index (χ3v) is 5.58. The number of nitrogens with zero attached hydrogens (tertiary/aromatic N) is 2. The molecule has 2 aromatic heterocycles. The summed E-state index contributed by atoms with van der Waals surface area (Å²) in [5, 5.41) is 0.700. The van der Waals surface area contributed by atoms with Crippen LogP contribution in [-0.2, 0) is 6.54 Å². The summed E-state index contributed by atoms with van der Waals surface area (Å²) in [5.41, 5.74) is 3.69. The van der Waals surface area contributed by atoms with Gasteiger partial charge in [-0.25, -0.2) is 4.98 Å². The molecule has 0 aliphatic rings. The van der Waals surface area contributed by atoms with E-state index in [0.29, 0.717) is 23.0 Å². The normalized spacial score (nSPS) is 11.1. The number of benzene rings is 2. The van der Waals surface area contributed by atoms with Crippen LogP contribution in [0.1, 0.15) is 33.0 Å². The van der Waals surface area contributed by atoms with Crippen LogP contribution >= 0.6 is 11.3 Å². The zero-order valence-corrected chi connectivity index (χ0v) is 16.3. The number of carbonyl (C=O) groups is 1. The van der Waals surface area contributed by atoms with Crippen molar-refractivity contribution in [1.82, 2.24) is 4.98 Å². The van der Waals surface area contributed by atoms with Crippen molar-refractivity contribution in [1.29, 1.82) is 0 Å². The van der Waals surface area contributed by atoms with E-state index in [1.807, 2.05) is 69.3 Å². The molecule has 136 valence electrons. The highest BCUT2D eigenvalue weighted by molar-refractivity contribution is 7.22. The molecule has 0 atom stereocenters. The lowest BCUT2D eigenvalue weighted by Crippen LogP contribution is -2.30. The zero-order chi connectivity index (χ0) is 19.0. The topological polar surface area (TPSA) is 46.3 Å². The Morgan fingerprint density at radius 3 is 2.52 bits per heavy atom. The number of aromatic nitrogens is 1. The lowest BCUT2D eigenvalue weighted by atomic mass is 10.2. The summed E-state index contributed by atoms with van der Waals surface area (Å²) in [6.07, 6.45) is 0. The van der Waals surface area contributed by atoms with Gasteiger partial charge in [0.2, 0.25) is 0 Å². The molecule has 0 radical (unpaired) electrons. The van der Waals surface area contributed by atoms with Crippen LogP contribution in [0.4, 0.5) is 5.13 Å². The van der Waals surface area contributed by atoms with Crippen LogP contribution in [0.25, 0.3) is 10.2 Å². The second-order valence-corrected chi connectivity index (χ2v) is 7.63. The Morgan fingerprint density at radius 1 is 1.07 bits per heavy atom. The molecule has 0 fully saturated rings. The summed E-state index contributed by atoms with van der Waals surface area (Å²) in [6, 6.07) is 17.9. The number of fused-ring (bicyclic) bond motifs is 1. The number of carbonyl (C=O) groups excluding carboxylic acids is 1. The van der Waals surface area contributed by atoms with Crippen LogP contribution in [-0.4, -0.2) is 10.9 Å². The van der Waals surface area contributed by atoms with Gasteiger partial charge in [0.15, 0.2) is 5.13 Å². The molecule has 0 aliphatic heterocycles. The van der Waals surface area contributed by atoms with E-state index in [4.69, 9.17) is 9.40 Å². The Labute approximate surface area is 162 Å². The van der Waals surface area contributed by atoms with Crippen molar-refractivity contribution in [3.63, 3.8) is 0 Å². The maximum atomic E-state index is 13.4. The summed E-state index contributed by atoms with van der Waals surface area (Å²) < 4.78 is 6.67. The number of hydrogen-bond donors (Lipinski definition) is 0. The minimum Gasteiger partial charge on any atom is -0.466 e. The van der Waals surface area contributed by atoms with Crippen LogP contribution in [0.2, 0.25) is 0 Å². The predicted octanol–water partition coefficient (Wildman–Crippen LogP) is 5.66. The van der Waals surface area contributed by atoms with Crippen molar-refractivity contribution in [3.05, 3.63) is 82.8 Å². The summed E-state index contributed by atoms with van der Waals surface area (Å²) in [4.78, 5) is 19.9. The van der Waals surface area contributed by atoms with Gasteiger partial charge in [-0.2, -0.15) is 0 Å². The van der Waals surface area contributed by atoms with E-state index < -0.39 is 0 Å². The Hall–Kier alpha value is -2.92. The Balaban J connectivity index is 1.80. The van der Waals surface area contributed by atoms with Crippen LogP contribution in [0, 0.1) is 20.8 Å². The molecule has 27 heavy (non-hydrogen) atoms. The van der Waals surface area contributed by atoms with E-state index >= 15 is 0 Å². The average molecular weight is 376 g/mol. The van der Waals surface area contributed by atoms with Gasteiger partial charge in [0.1, 0.15) is 11.5 Å². The third kappa shape index (κ3) is 3.38. The van der Waals surface area contributed by atoms with Crippen molar-refractivity contribution in [2.45, 2.75) is 27.3 Å². The SMILES string of the molecule is Cc1cc(C(=O)N(Cc2ccccc2)c2nc3c(C)cccc3s2)c(C)o1.